The highest BCUT2D eigenvalue weighted by atomic mass is 16.8. The van der Waals surface area contributed by atoms with E-state index < -0.39 is 0 Å². The maximum Gasteiger partial charge on any atom is 0.179 e. The van der Waals surface area contributed by atoms with E-state index in [4.69, 9.17) is 14.2 Å². The van der Waals surface area contributed by atoms with Gasteiger partial charge in [0, 0.05) is 14.2 Å². The van der Waals surface area contributed by atoms with E-state index >= 15 is 0 Å². The molecule has 17 heavy (non-hydrogen) atoms. The van der Waals surface area contributed by atoms with Crippen LogP contribution in [0.4, 0.5) is 0 Å². The Bertz CT molecular complexity index is 190. The topological polar surface area (TPSA) is 27.7 Å². The van der Waals surface area contributed by atoms with Crippen LogP contribution < -0.4 is 0 Å². The molecular weight excluding hydrogens is 216 g/mol. The van der Waals surface area contributed by atoms with Crippen LogP contribution >= 0.6 is 0 Å². The normalized spacial score (nSPS) is 15.8. The molecule has 0 saturated carbocycles. The highest BCUT2D eigenvalue weighted by Crippen LogP contribution is 2.06. The molecule has 0 fully saturated rings. The zero-order valence-electron chi connectivity index (χ0n) is 11.5. The molecule has 0 aliphatic heterocycles. The third-order valence-corrected chi connectivity index (χ3v) is 2.23. The summed E-state index contributed by atoms with van der Waals surface area (Å²) in [4.78, 5) is 0. The second kappa shape index (κ2) is 11.8. The molecule has 2 unspecified atom stereocenters. The molecule has 0 aromatic heterocycles. The van der Waals surface area contributed by atoms with Crippen LogP contribution in [0.25, 0.3) is 0 Å². The average Bonchev–Trinajstić information content (AvgIpc) is 2.36. The Hall–Kier alpha value is -0.640. The fourth-order valence-electron chi connectivity index (χ4n) is 1.24. The third kappa shape index (κ3) is 9.10. The molecule has 0 aromatic carbocycles. The first-order chi connectivity index (χ1) is 8.28. The number of hydrogen-bond donors (Lipinski definition) is 0. The second-order valence-corrected chi connectivity index (χ2v) is 3.78. The van der Waals surface area contributed by atoms with Crippen LogP contribution in [-0.2, 0) is 14.2 Å². The minimum absolute atomic E-state index is 0.349. The van der Waals surface area contributed by atoms with Crippen molar-refractivity contribution in [3.63, 3.8) is 0 Å². The SMILES string of the molecule is CCCC=CC(OC)OC(C=CCCC)OC. The molecule has 0 aliphatic carbocycles. The van der Waals surface area contributed by atoms with Gasteiger partial charge in [-0.1, -0.05) is 38.8 Å². The lowest BCUT2D eigenvalue weighted by Crippen LogP contribution is -2.22. The van der Waals surface area contributed by atoms with Gasteiger partial charge in [-0.3, -0.25) is 0 Å². The van der Waals surface area contributed by atoms with Gasteiger partial charge in [0.1, 0.15) is 0 Å². The Balaban J connectivity index is 4.11. The zero-order valence-corrected chi connectivity index (χ0v) is 11.5. The smallest absolute Gasteiger partial charge is 0.179 e. The molecule has 0 heterocycles. The predicted molar refractivity (Wildman–Crippen MR) is 70.8 cm³/mol. The molecule has 0 saturated heterocycles. The lowest BCUT2D eigenvalue weighted by Gasteiger charge is -2.18. The molecule has 0 N–H and O–H groups in total. The van der Waals surface area contributed by atoms with E-state index in [1.165, 1.54) is 0 Å². The number of hydrogen-bond acceptors (Lipinski definition) is 3. The first-order valence-corrected chi connectivity index (χ1v) is 6.32. The van der Waals surface area contributed by atoms with Gasteiger partial charge in [0.05, 0.1) is 0 Å². The summed E-state index contributed by atoms with van der Waals surface area (Å²) in [6.45, 7) is 4.27. The Labute approximate surface area is 105 Å². The van der Waals surface area contributed by atoms with Crippen LogP contribution in [0.15, 0.2) is 24.3 Å². The van der Waals surface area contributed by atoms with Crippen molar-refractivity contribution in [3.8, 4) is 0 Å². The van der Waals surface area contributed by atoms with Crippen molar-refractivity contribution in [2.24, 2.45) is 0 Å². The minimum Gasteiger partial charge on any atom is -0.352 e. The lowest BCUT2D eigenvalue weighted by atomic mass is 10.3. The van der Waals surface area contributed by atoms with E-state index in [1.807, 2.05) is 12.2 Å². The van der Waals surface area contributed by atoms with Crippen molar-refractivity contribution in [1.29, 1.82) is 0 Å². The van der Waals surface area contributed by atoms with E-state index in [2.05, 4.69) is 26.0 Å². The number of ether oxygens (including phenoxy) is 3. The molecule has 3 heteroatoms. The number of allylic oxidation sites excluding steroid dienone is 2. The van der Waals surface area contributed by atoms with Gasteiger partial charge in [-0.05, 0) is 25.0 Å². The Morgan fingerprint density at radius 1 is 0.824 bits per heavy atom. The monoisotopic (exact) mass is 242 g/mol. The van der Waals surface area contributed by atoms with Crippen molar-refractivity contribution in [2.75, 3.05) is 14.2 Å². The molecule has 0 spiro atoms. The Kier molecular flexibility index (Phi) is 11.4. The highest BCUT2D eigenvalue weighted by Gasteiger charge is 2.09. The summed E-state index contributed by atoms with van der Waals surface area (Å²) in [6.07, 6.45) is 11.6. The largest absolute Gasteiger partial charge is 0.352 e. The second-order valence-electron chi connectivity index (χ2n) is 3.78. The van der Waals surface area contributed by atoms with Gasteiger partial charge in [0.2, 0.25) is 0 Å². The van der Waals surface area contributed by atoms with Gasteiger partial charge in [-0.15, -0.1) is 0 Å². The summed E-state index contributed by atoms with van der Waals surface area (Å²) in [5, 5.41) is 0. The van der Waals surface area contributed by atoms with E-state index in [-0.39, 0.29) is 12.6 Å². The molecular formula is C14H26O3. The summed E-state index contributed by atoms with van der Waals surface area (Å²) in [6, 6.07) is 0. The minimum atomic E-state index is -0.349. The molecule has 0 radical (unpaired) electrons. The molecule has 0 rings (SSSR count). The number of unbranched alkanes of at least 4 members (excludes halogenated alkanes) is 2. The standard InChI is InChI=1S/C14H26O3/c1-5-7-9-11-13(15-3)17-14(16-4)12-10-8-6-2/h9-14H,5-8H2,1-4H3. The van der Waals surface area contributed by atoms with Crippen LogP contribution in [0.3, 0.4) is 0 Å². The molecule has 0 aromatic rings. The number of rotatable bonds is 10. The quantitative estimate of drug-likeness (QED) is 0.432. The van der Waals surface area contributed by atoms with E-state index in [9.17, 15) is 0 Å². The summed E-state index contributed by atoms with van der Waals surface area (Å²) in [5.41, 5.74) is 0. The van der Waals surface area contributed by atoms with Gasteiger partial charge in [-0.25, -0.2) is 0 Å². The van der Waals surface area contributed by atoms with Crippen molar-refractivity contribution in [1.82, 2.24) is 0 Å². The van der Waals surface area contributed by atoms with Gasteiger partial charge < -0.3 is 14.2 Å². The van der Waals surface area contributed by atoms with E-state index in [1.54, 1.807) is 14.2 Å². The fraction of sp³-hybridized carbons (Fsp3) is 0.714. The van der Waals surface area contributed by atoms with Gasteiger partial charge in [-0.2, -0.15) is 0 Å². The predicted octanol–water partition coefficient (Wildman–Crippen LogP) is 3.66. The highest BCUT2D eigenvalue weighted by molar-refractivity contribution is 4.89. The molecule has 0 bridgehead atoms. The molecule has 0 amide bonds. The lowest BCUT2D eigenvalue weighted by molar-refractivity contribution is -0.188. The molecule has 3 nitrogen and oxygen atoms in total. The molecule has 100 valence electrons. The van der Waals surface area contributed by atoms with Crippen molar-refractivity contribution < 1.29 is 14.2 Å². The van der Waals surface area contributed by atoms with Crippen molar-refractivity contribution >= 4 is 0 Å². The van der Waals surface area contributed by atoms with E-state index in [0.717, 1.165) is 25.7 Å². The zero-order chi connectivity index (χ0) is 12.9. The summed E-state index contributed by atoms with van der Waals surface area (Å²) < 4.78 is 16.0. The Morgan fingerprint density at radius 2 is 1.24 bits per heavy atom. The number of methoxy groups -OCH3 is 2. The summed E-state index contributed by atoms with van der Waals surface area (Å²) >= 11 is 0. The van der Waals surface area contributed by atoms with Gasteiger partial charge in [0.25, 0.3) is 0 Å². The van der Waals surface area contributed by atoms with Crippen LogP contribution in [0.2, 0.25) is 0 Å². The maximum atomic E-state index is 5.62. The maximum absolute atomic E-state index is 5.62. The fourth-order valence-corrected chi connectivity index (χ4v) is 1.24. The van der Waals surface area contributed by atoms with Crippen molar-refractivity contribution in [2.45, 2.75) is 52.1 Å². The van der Waals surface area contributed by atoms with Crippen LogP contribution in [0, 0.1) is 0 Å². The van der Waals surface area contributed by atoms with Crippen LogP contribution in [-0.4, -0.2) is 26.8 Å². The third-order valence-electron chi connectivity index (χ3n) is 2.23. The summed E-state index contributed by atoms with van der Waals surface area (Å²) in [7, 11) is 3.26. The van der Waals surface area contributed by atoms with E-state index in [0.29, 0.717) is 0 Å². The Morgan fingerprint density at radius 3 is 1.53 bits per heavy atom. The molecule has 0 aliphatic rings. The van der Waals surface area contributed by atoms with Crippen LogP contribution in [0.5, 0.6) is 0 Å². The summed E-state index contributed by atoms with van der Waals surface area (Å²) in [5.74, 6) is 0. The first-order valence-electron chi connectivity index (χ1n) is 6.32. The van der Waals surface area contributed by atoms with Crippen molar-refractivity contribution in [3.05, 3.63) is 24.3 Å². The molecule has 2 atom stereocenters. The van der Waals surface area contributed by atoms with Gasteiger partial charge >= 0.3 is 0 Å². The van der Waals surface area contributed by atoms with Gasteiger partial charge in [0.15, 0.2) is 12.6 Å². The first kappa shape index (κ1) is 16.4. The van der Waals surface area contributed by atoms with Crippen LogP contribution in [0.1, 0.15) is 39.5 Å². The average molecular weight is 242 g/mol.